The molecule has 0 saturated heterocycles. The van der Waals surface area contributed by atoms with Crippen LogP contribution in [0.25, 0.3) is 0 Å². The SMILES string of the molecule is C[C@H](O)[C@]1(O)CC[C@@H]2[C@H]3CC=C4C[C@@H](O)CC[C@]4(C)[C@@H]3CC[C@]21C. The van der Waals surface area contributed by atoms with Crippen molar-refractivity contribution in [3.63, 3.8) is 0 Å². The minimum atomic E-state index is -0.920. The third kappa shape index (κ3) is 2.01. The van der Waals surface area contributed by atoms with E-state index in [1.54, 1.807) is 6.92 Å². The van der Waals surface area contributed by atoms with Gasteiger partial charge in [-0.15, -0.1) is 0 Å². The van der Waals surface area contributed by atoms with Crippen LogP contribution in [0, 0.1) is 28.6 Å². The first-order valence-electron chi connectivity index (χ1n) is 10.0. The largest absolute Gasteiger partial charge is 0.393 e. The molecular formula is C21H34O3. The zero-order valence-corrected chi connectivity index (χ0v) is 15.5. The van der Waals surface area contributed by atoms with Crippen LogP contribution >= 0.6 is 0 Å². The first kappa shape index (κ1) is 17.1. The van der Waals surface area contributed by atoms with Crippen LogP contribution in [0.1, 0.15) is 72.1 Å². The summed E-state index contributed by atoms with van der Waals surface area (Å²) in [4.78, 5) is 0. The molecule has 0 bridgehead atoms. The van der Waals surface area contributed by atoms with Gasteiger partial charge in [0.1, 0.15) is 0 Å². The van der Waals surface area contributed by atoms with Crippen molar-refractivity contribution in [3.05, 3.63) is 11.6 Å². The van der Waals surface area contributed by atoms with Gasteiger partial charge in [-0.25, -0.2) is 0 Å². The van der Waals surface area contributed by atoms with E-state index < -0.39 is 11.7 Å². The van der Waals surface area contributed by atoms with E-state index in [2.05, 4.69) is 19.9 Å². The van der Waals surface area contributed by atoms with Crippen molar-refractivity contribution in [1.29, 1.82) is 0 Å². The van der Waals surface area contributed by atoms with E-state index in [9.17, 15) is 15.3 Å². The van der Waals surface area contributed by atoms with Crippen LogP contribution in [-0.4, -0.2) is 33.1 Å². The molecule has 0 aromatic carbocycles. The molecule has 3 heteroatoms. The topological polar surface area (TPSA) is 60.7 Å². The lowest BCUT2D eigenvalue weighted by molar-refractivity contribution is -0.170. The Hall–Kier alpha value is -0.380. The monoisotopic (exact) mass is 334 g/mol. The molecule has 0 spiro atoms. The summed E-state index contributed by atoms with van der Waals surface area (Å²) in [5.74, 6) is 1.82. The van der Waals surface area contributed by atoms with Crippen molar-refractivity contribution in [3.8, 4) is 0 Å². The van der Waals surface area contributed by atoms with E-state index in [4.69, 9.17) is 0 Å². The predicted molar refractivity (Wildman–Crippen MR) is 94.3 cm³/mol. The highest BCUT2D eigenvalue weighted by Gasteiger charge is 2.64. The van der Waals surface area contributed by atoms with Gasteiger partial charge in [0, 0.05) is 5.41 Å². The van der Waals surface area contributed by atoms with Crippen LogP contribution < -0.4 is 0 Å². The summed E-state index contributed by atoms with van der Waals surface area (Å²) in [6, 6.07) is 0. The number of aliphatic hydroxyl groups is 3. The highest BCUT2D eigenvalue weighted by atomic mass is 16.3. The average Bonchev–Trinajstić information content (AvgIpc) is 2.81. The molecule has 4 aliphatic carbocycles. The number of aliphatic hydroxyl groups excluding tert-OH is 2. The van der Waals surface area contributed by atoms with Crippen molar-refractivity contribution < 1.29 is 15.3 Å². The number of rotatable bonds is 1. The minimum Gasteiger partial charge on any atom is -0.393 e. The first-order chi connectivity index (χ1) is 11.2. The average molecular weight is 335 g/mol. The van der Waals surface area contributed by atoms with E-state index in [0.717, 1.165) is 51.4 Å². The maximum Gasteiger partial charge on any atom is 0.0958 e. The molecular weight excluding hydrogens is 300 g/mol. The van der Waals surface area contributed by atoms with Crippen molar-refractivity contribution in [2.45, 2.75) is 89.9 Å². The van der Waals surface area contributed by atoms with Gasteiger partial charge in [-0.1, -0.05) is 25.5 Å². The summed E-state index contributed by atoms with van der Waals surface area (Å²) in [5, 5.41) is 31.6. The highest BCUT2D eigenvalue weighted by molar-refractivity contribution is 5.26. The second-order valence-corrected chi connectivity index (χ2v) is 9.75. The summed E-state index contributed by atoms with van der Waals surface area (Å²) in [6.07, 6.45) is 9.56. The number of allylic oxidation sites excluding steroid dienone is 1. The second-order valence-electron chi connectivity index (χ2n) is 9.75. The van der Waals surface area contributed by atoms with Crippen LogP contribution in [-0.2, 0) is 0 Å². The van der Waals surface area contributed by atoms with Crippen molar-refractivity contribution in [1.82, 2.24) is 0 Å². The van der Waals surface area contributed by atoms with Gasteiger partial charge < -0.3 is 15.3 Å². The Balaban J connectivity index is 1.68. The highest BCUT2D eigenvalue weighted by Crippen LogP contribution is 2.67. The molecule has 0 aromatic rings. The molecule has 0 aliphatic heterocycles. The summed E-state index contributed by atoms with van der Waals surface area (Å²) < 4.78 is 0. The van der Waals surface area contributed by atoms with Crippen LogP contribution in [0.3, 0.4) is 0 Å². The summed E-state index contributed by atoms with van der Waals surface area (Å²) in [7, 11) is 0. The molecule has 0 radical (unpaired) electrons. The summed E-state index contributed by atoms with van der Waals surface area (Å²) in [6.45, 7) is 6.43. The van der Waals surface area contributed by atoms with E-state index in [1.807, 2.05) is 0 Å². The Labute approximate surface area is 146 Å². The predicted octanol–water partition coefficient (Wildman–Crippen LogP) is 3.42. The molecule has 3 fully saturated rings. The molecule has 0 aromatic heterocycles. The van der Waals surface area contributed by atoms with Gasteiger partial charge in [0.25, 0.3) is 0 Å². The number of hydrogen-bond donors (Lipinski definition) is 3. The first-order valence-corrected chi connectivity index (χ1v) is 10.0. The Kier molecular flexibility index (Phi) is 3.77. The molecule has 8 atom stereocenters. The number of hydrogen-bond acceptors (Lipinski definition) is 3. The second kappa shape index (κ2) is 5.31. The Morgan fingerprint density at radius 2 is 1.79 bits per heavy atom. The van der Waals surface area contributed by atoms with E-state index >= 15 is 0 Å². The summed E-state index contributed by atoms with van der Waals surface area (Å²) in [5.41, 5.74) is 0.665. The third-order valence-electron chi connectivity index (χ3n) is 8.98. The normalized spacial score (nSPS) is 55.2. The standard InChI is InChI=1S/C21H34O3/c1-13(22)21(24)11-8-18-16-5-4-14-12-15(23)6-9-19(14,2)17(16)7-10-20(18,21)3/h4,13,15-18,22-24H,5-12H2,1-3H3/t13-,15-,16-,17+,18+,19-,20+,21+/m0/s1. The number of fused-ring (bicyclic) bond motifs is 5. The van der Waals surface area contributed by atoms with Crippen LogP contribution in [0.5, 0.6) is 0 Å². The van der Waals surface area contributed by atoms with Gasteiger partial charge in [-0.2, -0.15) is 0 Å². The van der Waals surface area contributed by atoms with Crippen molar-refractivity contribution in [2.24, 2.45) is 28.6 Å². The van der Waals surface area contributed by atoms with Gasteiger partial charge in [0.05, 0.1) is 17.8 Å². The molecule has 0 heterocycles. The lowest BCUT2D eigenvalue weighted by Gasteiger charge is -2.59. The Morgan fingerprint density at radius 3 is 2.50 bits per heavy atom. The fourth-order valence-corrected chi connectivity index (χ4v) is 7.38. The molecule has 0 unspecified atom stereocenters. The van der Waals surface area contributed by atoms with Gasteiger partial charge in [-0.3, -0.25) is 0 Å². The maximum atomic E-state index is 11.2. The van der Waals surface area contributed by atoms with Crippen molar-refractivity contribution in [2.75, 3.05) is 0 Å². The fraction of sp³-hybridized carbons (Fsp3) is 0.905. The van der Waals surface area contributed by atoms with Gasteiger partial charge in [0.2, 0.25) is 0 Å². The Morgan fingerprint density at radius 1 is 1.08 bits per heavy atom. The van der Waals surface area contributed by atoms with Crippen molar-refractivity contribution >= 4 is 0 Å². The van der Waals surface area contributed by atoms with E-state index in [-0.39, 0.29) is 16.9 Å². The molecule has 24 heavy (non-hydrogen) atoms. The lowest BCUT2D eigenvalue weighted by atomic mass is 9.46. The quantitative estimate of drug-likeness (QED) is 0.644. The molecule has 136 valence electrons. The van der Waals surface area contributed by atoms with Gasteiger partial charge >= 0.3 is 0 Å². The smallest absolute Gasteiger partial charge is 0.0958 e. The zero-order valence-electron chi connectivity index (χ0n) is 15.5. The van der Waals surface area contributed by atoms with Gasteiger partial charge in [0.15, 0.2) is 0 Å². The molecule has 3 nitrogen and oxygen atoms in total. The zero-order chi connectivity index (χ0) is 17.3. The van der Waals surface area contributed by atoms with E-state index in [0.29, 0.717) is 17.8 Å². The fourth-order valence-electron chi connectivity index (χ4n) is 7.38. The molecule has 4 aliphatic rings. The van der Waals surface area contributed by atoms with Gasteiger partial charge in [-0.05, 0) is 81.5 Å². The van der Waals surface area contributed by atoms with Crippen LogP contribution in [0.15, 0.2) is 11.6 Å². The van der Waals surface area contributed by atoms with Crippen LogP contribution in [0.2, 0.25) is 0 Å². The van der Waals surface area contributed by atoms with E-state index in [1.165, 1.54) is 5.57 Å². The minimum absolute atomic E-state index is 0.151. The molecule has 3 N–H and O–H groups in total. The van der Waals surface area contributed by atoms with Crippen LogP contribution in [0.4, 0.5) is 0 Å². The molecule has 3 saturated carbocycles. The molecule has 0 amide bonds. The maximum absolute atomic E-state index is 11.2. The third-order valence-corrected chi connectivity index (χ3v) is 8.98. The summed E-state index contributed by atoms with van der Waals surface area (Å²) >= 11 is 0. The lowest BCUT2D eigenvalue weighted by Crippen LogP contribution is -2.58. The molecule has 4 rings (SSSR count). The Bertz CT molecular complexity index is 555.